The van der Waals surface area contributed by atoms with Crippen LogP contribution in [0.4, 0.5) is 5.69 Å². The van der Waals surface area contributed by atoms with Gasteiger partial charge in [-0.1, -0.05) is 18.2 Å². The maximum Gasteiger partial charge on any atom is 0.287 e. The molecule has 0 unspecified atom stereocenters. The van der Waals surface area contributed by atoms with Gasteiger partial charge in [-0.2, -0.15) is 5.10 Å². The fourth-order valence-corrected chi connectivity index (χ4v) is 2.55. The lowest BCUT2D eigenvalue weighted by Crippen LogP contribution is -2.28. The van der Waals surface area contributed by atoms with Crippen molar-refractivity contribution in [3.63, 3.8) is 0 Å². The van der Waals surface area contributed by atoms with Crippen molar-refractivity contribution in [1.29, 1.82) is 0 Å². The normalized spacial score (nSPS) is 20.7. The number of para-hydroxylation sites is 1. The van der Waals surface area contributed by atoms with Crippen molar-refractivity contribution in [2.24, 2.45) is 10.1 Å². The van der Waals surface area contributed by atoms with E-state index in [1.54, 1.807) is 4.90 Å². The fourth-order valence-electron chi connectivity index (χ4n) is 1.65. The molecule has 2 heterocycles. The first kappa shape index (κ1) is 10.3. The molecule has 0 radical (unpaired) electrons. The van der Waals surface area contributed by atoms with E-state index in [4.69, 9.17) is 0 Å². The van der Waals surface area contributed by atoms with Crippen molar-refractivity contribution in [3.8, 4) is 0 Å². The lowest BCUT2D eigenvalue weighted by atomic mass is 10.3. The lowest BCUT2D eigenvalue weighted by molar-refractivity contribution is -0.119. The van der Waals surface area contributed by atoms with Crippen LogP contribution in [0, 0.1) is 0 Å². The molecule has 1 aromatic rings. The molecule has 1 amide bonds. The summed E-state index contributed by atoms with van der Waals surface area (Å²) in [6.07, 6.45) is 0. The molecule has 1 fully saturated rings. The Kier molecular flexibility index (Phi) is 2.56. The van der Waals surface area contributed by atoms with Crippen LogP contribution in [0.2, 0.25) is 0 Å². The summed E-state index contributed by atoms with van der Waals surface area (Å²) in [4.78, 5) is 17.8. The number of carbonyl (C=O) groups excluding carboxylic acids is 1. The van der Waals surface area contributed by atoms with Crippen LogP contribution in [0.25, 0.3) is 0 Å². The van der Waals surface area contributed by atoms with Crippen LogP contribution in [-0.4, -0.2) is 34.1 Å². The van der Waals surface area contributed by atoms with Crippen LogP contribution < -0.4 is 5.43 Å². The summed E-state index contributed by atoms with van der Waals surface area (Å²) < 4.78 is 0. The number of hydrogen-bond acceptors (Lipinski definition) is 5. The largest absolute Gasteiger partial charge is 0.287 e. The minimum atomic E-state index is -0.0605. The average molecular weight is 246 g/mol. The number of benzene rings is 1. The second kappa shape index (κ2) is 4.21. The summed E-state index contributed by atoms with van der Waals surface area (Å²) in [5.74, 6) is -0.0605. The first-order valence-electron chi connectivity index (χ1n) is 5.27. The van der Waals surface area contributed by atoms with Crippen LogP contribution in [0.3, 0.4) is 0 Å². The van der Waals surface area contributed by atoms with E-state index in [1.807, 2.05) is 30.3 Å². The predicted molar refractivity (Wildman–Crippen MR) is 69.1 cm³/mol. The van der Waals surface area contributed by atoms with Crippen molar-refractivity contribution < 1.29 is 4.79 Å². The van der Waals surface area contributed by atoms with Crippen molar-refractivity contribution in [1.82, 2.24) is 4.90 Å². The SMILES string of the molecule is O=C1/C(=N/Nc2ccccc2)SC2=NCCN12. The van der Waals surface area contributed by atoms with E-state index in [2.05, 4.69) is 15.5 Å². The number of aliphatic imine (C=N–C) groups is 1. The van der Waals surface area contributed by atoms with Gasteiger partial charge in [0.05, 0.1) is 12.2 Å². The van der Waals surface area contributed by atoms with E-state index < -0.39 is 0 Å². The first-order chi connectivity index (χ1) is 8.34. The quantitative estimate of drug-likeness (QED) is 0.801. The third-order valence-electron chi connectivity index (χ3n) is 2.48. The number of thioether (sulfide) groups is 1. The highest BCUT2D eigenvalue weighted by atomic mass is 32.2. The second-order valence-electron chi connectivity index (χ2n) is 3.62. The Hall–Kier alpha value is -1.82. The molecule has 2 aliphatic rings. The highest BCUT2D eigenvalue weighted by molar-refractivity contribution is 8.29. The van der Waals surface area contributed by atoms with E-state index in [1.165, 1.54) is 11.8 Å². The maximum absolute atomic E-state index is 11.9. The minimum absolute atomic E-state index is 0.0605. The molecular formula is C11H10N4OS. The third-order valence-corrected chi connectivity index (χ3v) is 3.47. The van der Waals surface area contributed by atoms with Crippen molar-refractivity contribution in [3.05, 3.63) is 30.3 Å². The Morgan fingerprint density at radius 3 is 2.94 bits per heavy atom. The predicted octanol–water partition coefficient (Wildman–Crippen LogP) is 1.36. The summed E-state index contributed by atoms with van der Waals surface area (Å²) in [7, 11) is 0. The molecule has 1 N–H and O–H groups in total. The Morgan fingerprint density at radius 1 is 1.35 bits per heavy atom. The highest BCUT2D eigenvalue weighted by Crippen LogP contribution is 2.25. The van der Waals surface area contributed by atoms with E-state index in [9.17, 15) is 4.79 Å². The molecule has 6 heteroatoms. The van der Waals surface area contributed by atoms with Crippen molar-refractivity contribution in [2.45, 2.75) is 0 Å². The molecule has 0 aromatic heterocycles. The number of carbonyl (C=O) groups is 1. The van der Waals surface area contributed by atoms with E-state index in [0.29, 0.717) is 18.1 Å². The van der Waals surface area contributed by atoms with Crippen LogP contribution in [-0.2, 0) is 4.79 Å². The van der Waals surface area contributed by atoms with Gasteiger partial charge >= 0.3 is 0 Å². The molecule has 17 heavy (non-hydrogen) atoms. The Labute approximate surface area is 103 Å². The van der Waals surface area contributed by atoms with Crippen LogP contribution in [0.1, 0.15) is 0 Å². The maximum atomic E-state index is 11.9. The minimum Gasteiger partial charge on any atom is -0.283 e. The summed E-state index contributed by atoms with van der Waals surface area (Å²) in [5.41, 5.74) is 3.73. The van der Waals surface area contributed by atoms with E-state index in [0.717, 1.165) is 10.9 Å². The molecule has 3 rings (SSSR count). The molecule has 1 aromatic carbocycles. The number of rotatable bonds is 2. The zero-order valence-electron chi connectivity index (χ0n) is 8.96. The molecule has 0 spiro atoms. The lowest BCUT2D eigenvalue weighted by Gasteiger charge is -2.05. The number of amidine groups is 1. The molecule has 0 saturated carbocycles. The van der Waals surface area contributed by atoms with Crippen LogP contribution in [0.5, 0.6) is 0 Å². The summed E-state index contributed by atoms with van der Waals surface area (Å²) >= 11 is 1.32. The first-order valence-corrected chi connectivity index (χ1v) is 6.09. The zero-order valence-corrected chi connectivity index (χ0v) is 9.78. The summed E-state index contributed by atoms with van der Waals surface area (Å²) in [6, 6.07) is 9.54. The molecule has 2 aliphatic heterocycles. The van der Waals surface area contributed by atoms with Gasteiger partial charge in [-0.15, -0.1) is 0 Å². The number of fused-ring (bicyclic) bond motifs is 1. The standard InChI is InChI=1S/C11H10N4OS/c16-10-9(17-11-12-6-7-15(10)11)14-13-8-4-2-1-3-5-8/h1-5,13H,6-7H2/b14-9-. The van der Waals surface area contributed by atoms with E-state index in [-0.39, 0.29) is 5.91 Å². The van der Waals surface area contributed by atoms with Gasteiger partial charge in [0.15, 0.2) is 10.2 Å². The van der Waals surface area contributed by atoms with Gasteiger partial charge in [0, 0.05) is 6.54 Å². The molecule has 0 atom stereocenters. The van der Waals surface area contributed by atoms with Gasteiger partial charge in [-0.3, -0.25) is 20.1 Å². The highest BCUT2D eigenvalue weighted by Gasteiger charge is 2.37. The van der Waals surface area contributed by atoms with Crippen molar-refractivity contribution >= 4 is 33.6 Å². The van der Waals surface area contributed by atoms with E-state index >= 15 is 0 Å². The number of hydrazone groups is 1. The number of nitrogens with zero attached hydrogens (tertiary/aromatic N) is 3. The third kappa shape index (κ3) is 1.91. The average Bonchev–Trinajstić information content (AvgIpc) is 2.92. The number of amides is 1. The topological polar surface area (TPSA) is 57.1 Å². The van der Waals surface area contributed by atoms with Crippen LogP contribution in [0.15, 0.2) is 40.4 Å². The molecular weight excluding hydrogens is 236 g/mol. The van der Waals surface area contributed by atoms with Gasteiger partial charge in [0.2, 0.25) is 0 Å². The molecule has 86 valence electrons. The van der Waals surface area contributed by atoms with Gasteiger partial charge in [-0.25, -0.2) is 0 Å². The second-order valence-corrected chi connectivity index (χ2v) is 4.57. The van der Waals surface area contributed by atoms with Gasteiger partial charge in [-0.05, 0) is 23.9 Å². The number of hydrogen-bond donors (Lipinski definition) is 1. The van der Waals surface area contributed by atoms with Gasteiger partial charge < -0.3 is 0 Å². The molecule has 5 nitrogen and oxygen atoms in total. The number of nitrogens with one attached hydrogen (secondary N) is 1. The Balaban J connectivity index is 1.76. The van der Waals surface area contributed by atoms with Crippen LogP contribution >= 0.6 is 11.8 Å². The van der Waals surface area contributed by atoms with Gasteiger partial charge in [0.25, 0.3) is 5.91 Å². The molecule has 1 saturated heterocycles. The zero-order chi connectivity index (χ0) is 11.7. The van der Waals surface area contributed by atoms with Crippen molar-refractivity contribution in [2.75, 3.05) is 18.5 Å². The summed E-state index contributed by atoms with van der Waals surface area (Å²) in [6.45, 7) is 1.37. The Morgan fingerprint density at radius 2 is 2.18 bits per heavy atom. The fraction of sp³-hybridized carbons (Fsp3) is 0.182. The smallest absolute Gasteiger partial charge is 0.283 e. The summed E-state index contributed by atoms with van der Waals surface area (Å²) in [5, 5.41) is 5.33. The molecule has 0 aliphatic carbocycles. The Bertz CT molecular complexity index is 511. The number of anilines is 1. The monoisotopic (exact) mass is 246 g/mol. The molecule has 0 bridgehead atoms. The van der Waals surface area contributed by atoms with Gasteiger partial charge in [0.1, 0.15) is 0 Å².